The third-order valence-electron chi connectivity index (χ3n) is 4.43. The predicted molar refractivity (Wildman–Crippen MR) is 77.5 cm³/mol. The number of benzene rings is 1. The largest absolute Gasteiger partial charge is 0.326 e. The molecule has 120 valence electrons. The van der Waals surface area contributed by atoms with E-state index in [0.717, 1.165) is 16.7 Å². The first-order chi connectivity index (χ1) is 9.57. The van der Waals surface area contributed by atoms with E-state index in [1.54, 1.807) is 20.8 Å². The first-order valence-corrected chi connectivity index (χ1v) is 7.03. The van der Waals surface area contributed by atoms with E-state index in [4.69, 9.17) is 0 Å². The topological polar surface area (TPSA) is 12.0 Å². The minimum absolute atomic E-state index is 0.192. The second-order valence-corrected chi connectivity index (χ2v) is 5.50. The Hall–Kier alpha value is -1.10. The van der Waals surface area contributed by atoms with Crippen LogP contribution in [0.3, 0.4) is 0 Å². The molecule has 1 rings (SSSR count). The van der Waals surface area contributed by atoms with Crippen LogP contribution < -0.4 is 5.32 Å². The van der Waals surface area contributed by atoms with Crippen LogP contribution in [0.25, 0.3) is 0 Å². The van der Waals surface area contributed by atoms with Gasteiger partial charge in [-0.3, -0.25) is 0 Å². The van der Waals surface area contributed by atoms with Gasteiger partial charge in [-0.1, -0.05) is 6.92 Å². The summed E-state index contributed by atoms with van der Waals surface area (Å²) in [5.74, 6) is -4.11. The average molecular weight is 305 g/mol. The van der Waals surface area contributed by atoms with Crippen molar-refractivity contribution in [1.82, 2.24) is 5.32 Å². The molecule has 0 bridgehead atoms. The van der Waals surface area contributed by atoms with E-state index < -0.39 is 18.4 Å². The van der Waals surface area contributed by atoms with Crippen molar-refractivity contribution in [3.8, 4) is 0 Å². The Bertz CT molecular complexity index is 494. The Balaban J connectivity index is 3.61. The highest BCUT2D eigenvalue weighted by molar-refractivity contribution is 5.51. The zero-order valence-electron chi connectivity index (χ0n) is 13.4. The smallest absolute Gasteiger partial charge is 0.305 e. The Morgan fingerprint density at radius 2 is 1.24 bits per heavy atom. The van der Waals surface area contributed by atoms with Crippen LogP contribution in [-0.4, -0.2) is 18.9 Å². The second kappa shape index (κ2) is 6.34. The predicted octanol–water partition coefficient (Wildman–Crippen LogP) is 4.78. The maximum Gasteiger partial charge on any atom is 0.326 e. The van der Waals surface area contributed by atoms with Gasteiger partial charge in [0.25, 0.3) is 0 Å². The summed E-state index contributed by atoms with van der Waals surface area (Å²) in [7, 11) is 0. The second-order valence-electron chi connectivity index (χ2n) is 5.50. The van der Waals surface area contributed by atoms with E-state index in [2.05, 4.69) is 5.32 Å². The highest BCUT2D eigenvalue weighted by atomic mass is 19.3. The van der Waals surface area contributed by atoms with Crippen LogP contribution in [0.15, 0.2) is 0 Å². The van der Waals surface area contributed by atoms with Crippen LogP contribution in [0.4, 0.5) is 17.6 Å². The van der Waals surface area contributed by atoms with E-state index in [0.29, 0.717) is 16.7 Å². The fraction of sp³-hybridized carbons (Fsp3) is 0.625. The summed E-state index contributed by atoms with van der Waals surface area (Å²) in [6.07, 6.45) is -3.71. The van der Waals surface area contributed by atoms with Crippen LogP contribution in [0.1, 0.15) is 46.3 Å². The van der Waals surface area contributed by atoms with Gasteiger partial charge in [-0.25, -0.2) is 8.78 Å². The van der Waals surface area contributed by atoms with E-state index in [9.17, 15) is 17.6 Å². The first kappa shape index (κ1) is 18.0. The average Bonchev–Trinajstić information content (AvgIpc) is 2.42. The van der Waals surface area contributed by atoms with Crippen molar-refractivity contribution in [2.24, 2.45) is 0 Å². The van der Waals surface area contributed by atoms with Gasteiger partial charge in [-0.15, -0.1) is 0 Å². The van der Waals surface area contributed by atoms with Gasteiger partial charge in [0.15, 0.2) is 0 Å². The lowest BCUT2D eigenvalue weighted by atomic mass is 9.84. The van der Waals surface area contributed by atoms with E-state index in [1.165, 1.54) is 0 Å². The maximum absolute atomic E-state index is 14.0. The number of hydrogen-bond donors (Lipinski definition) is 1. The summed E-state index contributed by atoms with van der Waals surface area (Å²) in [6, 6.07) is -1.68. The molecule has 0 aliphatic rings. The molecule has 0 fully saturated rings. The van der Waals surface area contributed by atoms with Crippen LogP contribution in [0.2, 0.25) is 0 Å². The van der Waals surface area contributed by atoms with Crippen LogP contribution in [0, 0.1) is 34.6 Å². The summed E-state index contributed by atoms with van der Waals surface area (Å²) >= 11 is 0. The summed E-state index contributed by atoms with van der Waals surface area (Å²) in [6.45, 7) is 10.9. The molecule has 0 heterocycles. The van der Waals surface area contributed by atoms with Crippen molar-refractivity contribution in [3.63, 3.8) is 0 Å². The number of hydrogen-bond acceptors (Lipinski definition) is 1. The van der Waals surface area contributed by atoms with E-state index in [1.807, 2.05) is 20.8 Å². The van der Waals surface area contributed by atoms with Crippen molar-refractivity contribution in [2.75, 3.05) is 6.54 Å². The fourth-order valence-corrected chi connectivity index (χ4v) is 2.72. The quantitative estimate of drug-likeness (QED) is 0.772. The van der Waals surface area contributed by atoms with Crippen LogP contribution in [0.5, 0.6) is 0 Å². The first-order valence-electron chi connectivity index (χ1n) is 7.03. The maximum atomic E-state index is 14.0. The van der Waals surface area contributed by atoms with Gasteiger partial charge in [-0.05, 0) is 74.5 Å². The van der Waals surface area contributed by atoms with Crippen LogP contribution in [-0.2, 0) is 0 Å². The molecule has 0 spiro atoms. The van der Waals surface area contributed by atoms with Gasteiger partial charge in [0.05, 0.1) is 0 Å². The third kappa shape index (κ3) is 3.07. The molecule has 1 atom stereocenters. The number of halogens is 4. The molecule has 0 aliphatic carbocycles. The van der Waals surface area contributed by atoms with Crippen molar-refractivity contribution >= 4 is 0 Å². The molecule has 1 aromatic carbocycles. The molecule has 0 aliphatic heterocycles. The monoisotopic (exact) mass is 305 g/mol. The number of rotatable bonds is 5. The Kier molecular flexibility index (Phi) is 5.42. The molecular formula is C16H23F4N. The van der Waals surface area contributed by atoms with Crippen molar-refractivity contribution in [3.05, 3.63) is 33.4 Å². The normalized spacial score (nSPS) is 13.9. The van der Waals surface area contributed by atoms with Crippen LogP contribution >= 0.6 is 0 Å². The number of alkyl halides is 4. The molecule has 1 unspecified atom stereocenters. The highest BCUT2D eigenvalue weighted by Crippen LogP contribution is 2.41. The van der Waals surface area contributed by atoms with Crippen molar-refractivity contribution in [1.29, 1.82) is 0 Å². The molecule has 0 saturated carbocycles. The highest BCUT2D eigenvalue weighted by Gasteiger charge is 2.50. The third-order valence-corrected chi connectivity index (χ3v) is 4.43. The van der Waals surface area contributed by atoms with Gasteiger partial charge in [0.2, 0.25) is 0 Å². The summed E-state index contributed by atoms with van der Waals surface area (Å²) in [5, 5.41) is 2.55. The summed E-state index contributed by atoms with van der Waals surface area (Å²) < 4.78 is 53.6. The van der Waals surface area contributed by atoms with E-state index in [-0.39, 0.29) is 6.54 Å². The summed E-state index contributed by atoms with van der Waals surface area (Å²) in [4.78, 5) is 0. The van der Waals surface area contributed by atoms with E-state index >= 15 is 0 Å². The minimum atomic E-state index is -4.11. The number of nitrogens with one attached hydrogen (secondary N) is 1. The Labute approximate surface area is 123 Å². The minimum Gasteiger partial charge on any atom is -0.305 e. The van der Waals surface area contributed by atoms with Gasteiger partial charge >= 0.3 is 12.3 Å². The lowest BCUT2D eigenvalue weighted by Gasteiger charge is -2.31. The Morgan fingerprint density at radius 1 is 0.857 bits per heavy atom. The summed E-state index contributed by atoms with van der Waals surface area (Å²) in [5.41, 5.74) is 4.37. The van der Waals surface area contributed by atoms with Gasteiger partial charge in [0.1, 0.15) is 6.04 Å². The van der Waals surface area contributed by atoms with Gasteiger partial charge in [-0.2, -0.15) is 8.78 Å². The molecule has 5 heteroatoms. The molecule has 1 N–H and O–H groups in total. The standard InChI is InChI=1S/C16H23F4N/c1-7-21-14(16(19,20)15(17)18)13-11(5)9(3)8(2)10(4)12(13)6/h14-15,21H,7H2,1-6H3. The van der Waals surface area contributed by atoms with Crippen molar-refractivity contribution < 1.29 is 17.6 Å². The molecule has 1 aromatic rings. The molecule has 0 saturated heterocycles. The molecule has 0 aromatic heterocycles. The lowest BCUT2D eigenvalue weighted by Crippen LogP contribution is -2.43. The molecule has 21 heavy (non-hydrogen) atoms. The van der Waals surface area contributed by atoms with Crippen molar-refractivity contribution in [2.45, 2.75) is 59.9 Å². The molecule has 0 radical (unpaired) electrons. The lowest BCUT2D eigenvalue weighted by molar-refractivity contribution is -0.151. The SMILES string of the molecule is CCNC(c1c(C)c(C)c(C)c(C)c1C)C(F)(F)C(F)F. The Morgan fingerprint density at radius 3 is 1.57 bits per heavy atom. The molecular weight excluding hydrogens is 282 g/mol. The zero-order valence-corrected chi connectivity index (χ0v) is 13.4. The molecule has 1 nitrogen and oxygen atoms in total. The zero-order chi connectivity index (χ0) is 16.5. The fourth-order valence-electron chi connectivity index (χ4n) is 2.72. The van der Waals surface area contributed by atoms with Gasteiger partial charge in [0, 0.05) is 0 Å². The molecule has 0 amide bonds. The van der Waals surface area contributed by atoms with Gasteiger partial charge < -0.3 is 5.32 Å².